The standard InChI is InChI=1S/C12H11BrF2N2O2S2/c1-6-11(4-8(5-16)20-6)21(18,19)17-12-9(13)2-7(14)3-10(12)15/h2-4,17H,5,16H2,1H3. The average molecular weight is 397 g/mol. The van der Waals surface area contributed by atoms with Crippen molar-refractivity contribution in [3.63, 3.8) is 0 Å². The van der Waals surface area contributed by atoms with Gasteiger partial charge in [-0.1, -0.05) is 0 Å². The van der Waals surface area contributed by atoms with Crippen LogP contribution in [0.25, 0.3) is 0 Å². The van der Waals surface area contributed by atoms with Crippen LogP contribution in [0.2, 0.25) is 0 Å². The van der Waals surface area contributed by atoms with Gasteiger partial charge in [-0.25, -0.2) is 17.2 Å². The molecular formula is C12H11BrF2N2O2S2. The Balaban J connectivity index is 2.44. The molecule has 0 aliphatic heterocycles. The number of rotatable bonds is 4. The zero-order valence-corrected chi connectivity index (χ0v) is 14.0. The molecule has 21 heavy (non-hydrogen) atoms. The topological polar surface area (TPSA) is 72.2 Å². The molecule has 0 radical (unpaired) electrons. The molecule has 4 nitrogen and oxygen atoms in total. The molecule has 0 aliphatic carbocycles. The minimum absolute atomic E-state index is 0.0181. The van der Waals surface area contributed by atoms with Gasteiger partial charge in [0.15, 0.2) is 5.82 Å². The van der Waals surface area contributed by atoms with Gasteiger partial charge >= 0.3 is 0 Å². The molecule has 9 heteroatoms. The molecule has 2 rings (SSSR count). The van der Waals surface area contributed by atoms with E-state index in [1.54, 1.807) is 6.92 Å². The van der Waals surface area contributed by atoms with E-state index in [1.165, 1.54) is 17.4 Å². The summed E-state index contributed by atoms with van der Waals surface area (Å²) in [4.78, 5) is 1.27. The van der Waals surface area contributed by atoms with Crippen LogP contribution in [0, 0.1) is 18.6 Å². The molecule has 1 heterocycles. The van der Waals surface area contributed by atoms with Crippen molar-refractivity contribution >= 4 is 43.0 Å². The molecule has 3 N–H and O–H groups in total. The normalized spacial score (nSPS) is 11.7. The van der Waals surface area contributed by atoms with E-state index in [-0.39, 0.29) is 21.6 Å². The van der Waals surface area contributed by atoms with Gasteiger partial charge in [0.05, 0.1) is 5.69 Å². The number of aryl methyl sites for hydroxylation is 1. The number of halogens is 3. The van der Waals surface area contributed by atoms with Crippen LogP contribution < -0.4 is 10.5 Å². The smallest absolute Gasteiger partial charge is 0.263 e. The summed E-state index contributed by atoms with van der Waals surface area (Å²) in [6.07, 6.45) is 0. The van der Waals surface area contributed by atoms with E-state index in [4.69, 9.17) is 5.73 Å². The van der Waals surface area contributed by atoms with E-state index < -0.39 is 21.7 Å². The number of hydrogen-bond acceptors (Lipinski definition) is 4. The van der Waals surface area contributed by atoms with E-state index in [0.29, 0.717) is 15.8 Å². The Morgan fingerprint density at radius 2 is 2.00 bits per heavy atom. The van der Waals surface area contributed by atoms with Crippen molar-refractivity contribution in [3.05, 3.63) is 44.1 Å². The molecule has 0 saturated carbocycles. The highest BCUT2D eigenvalue weighted by molar-refractivity contribution is 9.10. The minimum atomic E-state index is -3.98. The fraction of sp³-hybridized carbons (Fsp3) is 0.167. The molecule has 114 valence electrons. The number of hydrogen-bond donors (Lipinski definition) is 2. The fourth-order valence-electron chi connectivity index (χ4n) is 1.72. The largest absolute Gasteiger partial charge is 0.326 e. The molecule has 0 fully saturated rings. The van der Waals surface area contributed by atoms with Crippen LogP contribution in [-0.2, 0) is 16.6 Å². The first-order chi connectivity index (χ1) is 9.74. The third kappa shape index (κ3) is 3.42. The summed E-state index contributed by atoms with van der Waals surface area (Å²) in [5, 5.41) is 0. The third-order valence-corrected chi connectivity index (χ3v) is 5.96. The van der Waals surface area contributed by atoms with Gasteiger partial charge < -0.3 is 5.73 Å². The number of thiophene rings is 1. The molecular weight excluding hydrogens is 386 g/mol. The predicted octanol–water partition coefficient (Wildman–Crippen LogP) is 3.36. The Labute approximate surface area is 133 Å². The Hall–Kier alpha value is -1.03. The van der Waals surface area contributed by atoms with Gasteiger partial charge in [-0.05, 0) is 35.0 Å². The number of sulfonamides is 1. The lowest BCUT2D eigenvalue weighted by Gasteiger charge is -2.10. The van der Waals surface area contributed by atoms with Gasteiger partial charge in [0.1, 0.15) is 10.7 Å². The second-order valence-corrected chi connectivity index (χ2v) is 8.03. The molecule has 0 amide bonds. The summed E-state index contributed by atoms with van der Waals surface area (Å²) in [7, 11) is -3.98. The minimum Gasteiger partial charge on any atom is -0.326 e. The van der Waals surface area contributed by atoms with Crippen molar-refractivity contribution < 1.29 is 17.2 Å². The summed E-state index contributed by atoms with van der Waals surface area (Å²) in [5.74, 6) is -1.81. The summed E-state index contributed by atoms with van der Waals surface area (Å²) >= 11 is 4.19. The van der Waals surface area contributed by atoms with E-state index in [9.17, 15) is 17.2 Å². The highest BCUT2D eigenvalue weighted by Gasteiger charge is 2.22. The van der Waals surface area contributed by atoms with Crippen molar-refractivity contribution in [1.29, 1.82) is 0 Å². The Morgan fingerprint density at radius 1 is 1.33 bits per heavy atom. The molecule has 0 spiro atoms. The summed E-state index contributed by atoms with van der Waals surface area (Å²) < 4.78 is 53.5. The first-order valence-electron chi connectivity index (χ1n) is 5.71. The maximum Gasteiger partial charge on any atom is 0.263 e. The Kier molecular flexibility index (Phi) is 4.66. The molecule has 0 atom stereocenters. The second-order valence-electron chi connectivity index (χ2n) is 4.19. The number of nitrogens with one attached hydrogen (secondary N) is 1. The van der Waals surface area contributed by atoms with Crippen molar-refractivity contribution in [1.82, 2.24) is 0 Å². The monoisotopic (exact) mass is 396 g/mol. The predicted molar refractivity (Wildman–Crippen MR) is 81.8 cm³/mol. The van der Waals surface area contributed by atoms with Crippen LogP contribution in [0.5, 0.6) is 0 Å². The average Bonchev–Trinajstić information content (AvgIpc) is 2.76. The van der Waals surface area contributed by atoms with Gasteiger partial charge in [-0.3, -0.25) is 4.72 Å². The SMILES string of the molecule is Cc1sc(CN)cc1S(=O)(=O)Nc1c(F)cc(F)cc1Br. The van der Waals surface area contributed by atoms with Crippen LogP contribution >= 0.6 is 27.3 Å². The maximum atomic E-state index is 13.7. The van der Waals surface area contributed by atoms with Crippen LogP contribution in [0.3, 0.4) is 0 Å². The highest BCUT2D eigenvalue weighted by atomic mass is 79.9. The van der Waals surface area contributed by atoms with E-state index >= 15 is 0 Å². The molecule has 0 aliphatic rings. The van der Waals surface area contributed by atoms with Gasteiger partial charge in [-0.15, -0.1) is 11.3 Å². The fourth-order valence-corrected chi connectivity index (χ4v) is 4.96. The van der Waals surface area contributed by atoms with Gasteiger partial charge in [0.2, 0.25) is 0 Å². The molecule has 2 aromatic rings. The van der Waals surface area contributed by atoms with E-state index in [1.807, 2.05) is 0 Å². The zero-order chi connectivity index (χ0) is 15.8. The van der Waals surface area contributed by atoms with Crippen molar-refractivity contribution in [3.8, 4) is 0 Å². The quantitative estimate of drug-likeness (QED) is 0.831. The lowest BCUT2D eigenvalue weighted by molar-refractivity contribution is 0.581. The van der Waals surface area contributed by atoms with Crippen molar-refractivity contribution in [2.75, 3.05) is 4.72 Å². The van der Waals surface area contributed by atoms with Gasteiger partial charge in [0, 0.05) is 26.8 Å². The van der Waals surface area contributed by atoms with Crippen LogP contribution in [0.4, 0.5) is 14.5 Å². The zero-order valence-electron chi connectivity index (χ0n) is 10.8. The maximum absolute atomic E-state index is 13.7. The molecule has 0 saturated heterocycles. The third-order valence-electron chi connectivity index (χ3n) is 2.66. The van der Waals surface area contributed by atoms with Gasteiger partial charge in [0.25, 0.3) is 10.0 Å². The van der Waals surface area contributed by atoms with Crippen molar-refractivity contribution in [2.45, 2.75) is 18.4 Å². The Bertz CT molecular complexity index is 768. The van der Waals surface area contributed by atoms with E-state index in [2.05, 4.69) is 20.7 Å². The highest BCUT2D eigenvalue weighted by Crippen LogP contribution is 2.31. The van der Waals surface area contributed by atoms with E-state index in [0.717, 1.165) is 6.07 Å². The van der Waals surface area contributed by atoms with Crippen LogP contribution in [0.15, 0.2) is 27.6 Å². The molecule has 0 unspecified atom stereocenters. The van der Waals surface area contributed by atoms with Crippen LogP contribution in [-0.4, -0.2) is 8.42 Å². The van der Waals surface area contributed by atoms with Crippen LogP contribution in [0.1, 0.15) is 9.75 Å². The number of anilines is 1. The van der Waals surface area contributed by atoms with Gasteiger partial charge in [-0.2, -0.15) is 0 Å². The lowest BCUT2D eigenvalue weighted by atomic mass is 10.3. The molecule has 1 aromatic carbocycles. The molecule has 1 aromatic heterocycles. The Morgan fingerprint density at radius 3 is 2.52 bits per heavy atom. The second kappa shape index (κ2) is 5.99. The molecule has 0 bridgehead atoms. The summed E-state index contributed by atoms with van der Waals surface area (Å²) in [6.45, 7) is 1.85. The summed E-state index contributed by atoms with van der Waals surface area (Å²) in [5.41, 5.74) is 5.14. The van der Waals surface area contributed by atoms with Crippen molar-refractivity contribution in [2.24, 2.45) is 5.73 Å². The first-order valence-corrected chi connectivity index (χ1v) is 8.80. The first kappa shape index (κ1) is 16.3. The number of nitrogens with two attached hydrogens (primary N) is 1. The number of benzene rings is 1. The summed E-state index contributed by atoms with van der Waals surface area (Å²) in [6, 6.07) is 3.03. The lowest BCUT2D eigenvalue weighted by Crippen LogP contribution is -2.15.